The molecule has 0 spiro atoms. The normalized spacial score (nSPS) is 10.1. The molecule has 0 bridgehead atoms. The predicted octanol–water partition coefficient (Wildman–Crippen LogP) is 1.77. The highest BCUT2D eigenvalue weighted by molar-refractivity contribution is 5.89. The zero-order valence-electron chi connectivity index (χ0n) is 8.78. The molecule has 0 aromatic carbocycles. The van der Waals surface area contributed by atoms with E-state index in [9.17, 15) is 18.7 Å². The summed E-state index contributed by atoms with van der Waals surface area (Å²) < 4.78 is 29.7. The van der Waals surface area contributed by atoms with Gasteiger partial charge in [0.2, 0.25) is 0 Å². The third-order valence-corrected chi connectivity index (χ3v) is 1.84. The Morgan fingerprint density at radius 1 is 1.71 bits per heavy atom. The molecule has 0 aliphatic heterocycles. The van der Waals surface area contributed by atoms with E-state index in [2.05, 4.69) is 9.72 Å². The lowest BCUT2D eigenvalue weighted by Gasteiger charge is -2.08. The quantitative estimate of drug-likeness (QED) is 0.816. The molecule has 90 valence electrons. The number of nitriles is 1. The molecular formula is C10H8F2N2O3. The van der Waals surface area contributed by atoms with Crippen molar-refractivity contribution >= 4 is 5.97 Å². The largest absolute Gasteiger partial charge is 0.505 e. The Labute approximate surface area is 95.3 Å². The number of aromatic hydroxyl groups is 1. The minimum atomic E-state index is -3.00. The number of esters is 1. The van der Waals surface area contributed by atoms with Crippen molar-refractivity contribution in [1.29, 1.82) is 5.26 Å². The number of aromatic nitrogens is 1. The van der Waals surface area contributed by atoms with Crippen molar-refractivity contribution in [3.63, 3.8) is 0 Å². The summed E-state index contributed by atoms with van der Waals surface area (Å²) in [5.41, 5.74) is -1.92. The van der Waals surface area contributed by atoms with Crippen molar-refractivity contribution in [2.75, 3.05) is 6.61 Å². The molecule has 1 rings (SSSR count). The SMILES string of the molecule is CCOC(=O)c1nc(C#N)c(O)cc1C(F)F. The zero-order valence-corrected chi connectivity index (χ0v) is 8.78. The molecule has 0 fully saturated rings. The second-order valence-electron chi connectivity index (χ2n) is 2.93. The number of ether oxygens (including phenoxy) is 1. The van der Waals surface area contributed by atoms with Crippen LogP contribution in [0.25, 0.3) is 0 Å². The Balaban J connectivity index is 3.35. The predicted molar refractivity (Wildman–Crippen MR) is 51.5 cm³/mol. The number of carbonyl (C=O) groups is 1. The summed E-state index contributed by atoms with van der Waals surface area (Å²) in [6, 6.07) is 2.13. The lowest BCUT2D eigenvalue weighted by molar-refractivity contribution is 0.0507. The first-order valence-electron chi connectivity index (χ1n) is 4.60. The van der Waals surface area contributed by atoms with E-state index in [1.54, 1.807) is 0 Å². The number of hydrogen-bond donors (Lipinski definition) is 1. The molecule has 0 radical (unpaired) electrons. The molecule has 0 saturated heterocycles. The topological polar surface area (TPSA) is 83.2 Å². The van der Waals surface area contributed by atoms with Crippen molar-refractivity contribution in [2.24, 2.45) is 0 Å². The van der Waals surface area contributed by atoms with Gasteiger partial charge in [-0.05, 0) is 13.0 Å². The molecule has 7 heteroatoms. The van der Waals surface area contributed by atoms with Crippen LogP contribution in [0.1, 0.15) is 35.1 Å². The summed E-state index contributed by atoms with van der Waals surface area (Å²) in [7, 11) is 0. The molecule has 1 heterocycles. The summed E-state index contributed by atoms with van der Waals surface area (Å²) in [5.74, 6) is -1.75. The van der Waals surface area contributed by atoms with Crippen LogP contribution in [0, 0.1) is 11.3 Å². The molecule has 1 aromatic rings. The highest BCUT2D eigenvalue weighted by atomic mass is 19.3. The average Bonchev–Trinajstić information content (AvgIpc) is 2.28. The Bertz CT molecular complexity index is 483. The van der Waals surface area contributed by atoms with Crippen molar-refractivity contribution in [3.05, 3.63) is 23.0 Å². The number of nitrogens with zero attached hydrogens (tertiary/aromatic N) is 2. The molecular weight excluding hydrogens is 234 g/mol. The number of pyridine rings is 1. The van der Waals surface area contributed by atoms with Gasteiger partial charge in [-0.15, -0.1) is 0 Å². The summed E-state index contributed by atoms with van der Waals surface area (Å²) in [5, 5.41) is 17.8. The number of carbonyl (C=O) groups excluding carboxylic acids is 1. The Morgan fingerprint density at radius 3 is 2.82 bits per heavy atom. The van der Waals surface area contributed by atoms with Gasteiger partial charge in [0.05, 0.1) is 12.2 Å². The number of halogens is 2. The van der Waals surface area contributed by atoms with Gasteiger partial charge in [-0.1, -0.05) is 0 Å². The van der Waals surface area contributed by atoms with Crippen LogP contribution in [0.3, 0.4) is 0 Å². The van der Waals surface area contributed by atoms with Gasteiger partial charge in [0.25, 0.3) is 6.43 Å². The van der Waals surface area contributed by atoms with Crippen LogP contribution < -0.4 is 0 Å². The lowest BCUT2D eigenvalue weighted by Crippen LogP contribution is -2.12. The highest BCUT2D eigenvalue weighted by Crippen LogP contribution is 2.27. The Kier molecular flexibility index (Phi) is 3.93. The molecule has 5 nitrogen and oxygen atoms in total. The number of alkyl halides is 2. The van der Waals surface area contributed by atoms with Crippen LogP contribution in [0.5, 0.6) is 5.75 Å². The summed E-state index contributed by atoms with van der Waals surface area (Å²) in [6.07, 6.45) is -3.00. The first-order valence-corrected chi connectivity index (χ1v) is 4.60. The third kappa shape index (κ3) is 2.66. The second-order valence-corrected chi connectivity index (χ2v) is 2.93. The molecule has 0 saturated carbocycles. The third-order valence-electron chi connectivity index (χ3n) is 1.84. The van der Waals surface area contributed by atoms with E-state index in [0.717, 1.165) is 0 Å². The second kappa shape index (κ2) is 5.21. The van der Waals surface area contributed by atoms with Crippen LogP contribution in [-0.4, -0.2) is 22.7 Å². The van der Waals surface area contributed by atoms with E-state index in [1.165, 1.54) is 13.0 Å². The molecule has 0 amide bonds. The van der Waals surface area contributed by atoms with Crippen molar-refractivity contribution in [1.82, 2.24) is 4.98 Å². The van der Waals surface area contributed by atoms with E-state index < -0.39 is 35.1 Å². The summed E-state index contributed by atoms with van der Waals surface area (Å²) in [6.45, 7) is 1.50. The summed E-state index contributed by atoms with van der Waals surface area (Å²) >= 11 is 0. The van der Waals surface area contributed by atoms with Gasteiger partial charge in [0.1, 0.15) is 6.07 Å². The number of hydrogen-bond acceptors (Lipinski definition) is 5. The molecule has 1 aromatic heterocycles. The van der Waals surface area contributed by atoms with E-state index in [4.69, 9.17) is 5.26 Å². The maximum Gasteiger partial charge on any atom is 0.357 e. The van der Waals surface area contributed by atoms with E-state index in [0.29, 0.717) is 6.07 Å². The first kappa shape index (κ1) is 12.8. The van der Waals surface area contributed by atoms with Gasteiger partial charge in [-0.25, -0.2) is 18.6 Å². The van der Waals surface area contributed by atoms with Crippen molar-refractivity contribution < 1.29 is 23.4 Å². The highest BCUT2D eigenvalue weighted by Gasteiger charge is 2.24. The average molecular weight is 242 g/mol. The van der Waals surface area contributed by atoms with Crippen LogP contribution in [0.15, 0.2) is 6.07 Å². The van der Waals surface area contributed by atoms with E-state index in [-0.39, 0.29) is 6.61 Å². The van der Waals surface area contributed by atoms with Gasteiger partial charge in [-0.3, -0.25) is 0 Å². The molecule has 0 aliphatic rings. The van der Waals surface area contributed by atoms with Crippen molar-refractivity contribution in [2.45, 2.75) is 13.3 Å². The van der Waals surface area contributed by atoms with Crippen molar-refractivity contribution in [3.8, 4) is 11.8 Å². The van der Waals surface area contributed by atoms with Crippen LogP contribution >= 0.6 is 0 Å². The first-order chi connectivity index (χ1) is 8.01. The fraction of sp³-hybridized carbons (Fsp3) is 0.300. The molecule has 0 unspecified atom stereocenters. The van der Waals surface area contributed by atoms with Gasteiger partial charge in [-0.2, -0.15) is 5.26 Å². The van der Waals surface area contributed by atoms with Gasteiger partial charge in [0.15, 0.2) is 17.1 Å². The van der Waals surface area contributed by atoms with Gasteiger partial charge >= 0.3 is 5.97 Å². The lowest BCUT2D eigenvalue weighted by atomic mass is 10.1. The zero-order chi connectivity index (χ0) is 13.0. The molecule has 1 N–H and O–H groups in total. The van der Waals surface area contributed by atoms with Crippen LogP contribution in [0.2, 0.25) is 0 Å². The Hall–Kier alpha value is -2.23. The Morgan fingerprint density at radius 2 is 2.35 bits per heavy atom. The van der Waals surface area contributed by atoms with Crippen LogP contribution in [-0.2, 0) is 4.74 Å². The molecule has 17 heavy (non-hydrogen) atoms. The standard InChI is InChI=1S/C10H8F2N2O3/c1-2-17-10(16)8-5(9(11)12)3-7(15)6(4-13)14-8/h3,9,15H,2H2,1H3. The van der Waals surface area contributed by atoms with E-state index in [1.807, 2.05) is 0 Å². The fourth-order valence-electron chi connectivity index (χ4n) is 1.13. The maximum absolute atomic E-state index is 12.6. The van der Waals surface area contributed by atoms with E-state index >= 15 is 0 Å². The minimum Gasteiger partial charge on any atom is -0.505 e. The maximum atomic E-state index is 12.6. The monoisotopic (exact) mass is 242 g/mol. The molecule has 0 atom stereocenters. The summed E-state index contributed by atoms with van der Waals surface area (Å²) in [4.78, 5) is 14.7. The molecule has 0 aliphatic carbocycles. The smallest absolute Gasteiger partial charge is 0.357 e. The van der Waals surface area contributed by atoms with Crippen LogP contribution in [0.4, 0.5) is 8.78 Å². The van der Waals surface area contributed by atoms with Gasteiger partial charge < -0.3 is 9.84 Å². The number of rotatable bonds is 3. The minimum absolute atomic E-state index is 0.00798. The fourth-order valence-corrected chi connectivity index (χ4v) is 1.13. The van der Waals surface area contributed by atoms with Gasteiger partial charge in [0, 0.05) is 0 Å².